The molecule has 1 aliphatic rings. The number of hydrogen-bond donors (Lipinski definition) is 0. The number of aldehydes is 1. The topological polar surface area (TPSA) is 83.8 Å². The van der Waals surface area contributed by atoms with Crippen molar-refractivity contribution in [2.24, 2.45) is 0 Å². The first-order chi connectivity index (χ1) is 12.1. The summed E-state index contributed by atoms with van der Waals surface area (Å²) in [4.78, 5) is 37.5. The van der Waals surface area contributed by atoms with Crippen LogP contribution in [0.5, 0.6) is 0 Å². The number of piperazine rings is 1. The lowest BCUT2D eigenvalue weighted by Gasteiger charge is -2.36. The molecule has 0 unspecified atom stereocenters. The smallest absolute Gasteiger partial charge is 0.270 e. The van der Waals surface area contributed by atoms with Crippen molar-refractivity contribution in [3.05, 3.63) is 69.8 Å². The van der Waals surface area contributed by atoms with Crippen molar-refractivity contribution >= 4 is 23.6 Å². The van der Waals surface area contributed by atoms with Crippen LogP contribution in [0.15, 0.2) is 48.5 Å². The first-order valence-corrected chi connectivity index (χ1v) is 7.92. The average Bonchev–Trinajstić information content (AvgIpc) is 2.67. The maximum Gasteiger partial charge on any atom is 0.270 e. The van der Waals surface area contributed by atoms with Crippen LogP contribution in [-0.2, 0) is 0 Å². The molecule has 128 valence electrons. The summed E-state index contributed by atoms with van der Waals surface area (Å²) in [5.41, 5.74) is 1.88. The van der Waals surface area contributed by atoms with E-state index in [1.165, 1.54) is 18.2 Å². The summed E-state index contributed by atoms with van der Waals surface area (Å²) in [7, 11) is 0. The van der Waals surface area contributed by atoms with Gasteiger partial charge in [-0.2, -0.15) is 0 Å². The minimum absolute atomic E-state index is 0.0836. The zero-order valence-corrected chi connectivity index (χ0v) is 13.5. The fourth-order valence-corrected chi connectivity index (χ4v) is 2.87. The minimum Gasteiger partial charge on any atom is -0.368 e. The fraction of sp³-hybridized carbons (Fsp3) is 0.222. The molecule has 0 N–H and O–H groups in total. The highest BCUT2D eigenvalue weighted by molar-refractivity contribution is 5.95. The van der Waals surface area contributed by atoms with Gasteiger partial charge in [0.1, 0.15) is 6.29 Å². The summed E-state index contributed by atoms with van der Waals surface area (Å²) < 4.78 is 0. The Morgan fingerprint density at radius 3 is 2.32 bits per heavy atom. The molecule has 1 amide bonds. The second-order valence-electron chi connectivity index (χ2n) is 5.80. The van der Waals surface area contributed by atoms with E-state index in [1.54, 1.807) is 23.1 Å². The lowest BCUT2D eigenvalue weighted by atomic mass is 10.1. The van der Waals surface area contributed by atoms with Gasteiger partial charge in [0.05, 0.1) is 4.92 Å². The van der Waals surface area contributed by atoms with Gasteiger partial charge in [0.15, 0.2) is 0 Å². The molecule has 0 aliphatic carbocycles. The molecule has 0 saturated carbocycles. The van der Waals surface area contributed by atoms with E-state index >= 15 is 0 Å². The molecule has 0 atom stereocenters. The summed E-state index contributed by atoms with van der Waals surface area (Å²) in [6.45, 7) is 2.41. The highest BCUT2D eigenvalue weighted by Gasteiger charge is 2.23. The van der Waals surface area contributed by atoms with Crippen molar-refractivity contribution in [3.8, 4) is 0 Å². The third-order valence-electron chi connectivity index (χ3n) is 4.27. The number of carbonyl (C=O) groups excluding carboxylic acids is 2. The molecule has 7 nitrogen and oxygen atoms in total. The molecular weight excluding hydrogens is 322 g/mol. The van der Waals surface area contributed by atoms with Gasteiger partial charge in [-0.25, -0.2) is 0 Å². The monoisotopic (exact) mass is 339 g/mol. The van der Waals surface area contributed by atoms with Crippen LogP contribution < -0.4 is 4.90 Å². The predicted octanol–water partition coefficient (Wildman–Crippen LogP) is 2.37. The van der Waals surface area contributed by atoms with E-state index in [0.717, 1.165) is 12.0 Å². The Labute approximate surface area is 144 Å². The van der Waals surface area contributed by atoms with Crippen molar-refractivity contribution in [2.45, 2.75) is 0 Å². The average molecular weight is 339 g/mol. The van der Waals surface area contributed by atoms with Gasteiger partial charge in [-0.15, -0.1) is 0 Å². The first kappa shape index (κ1) is 16.6. The van der Waals surface area contributed by atoms with E-state index in [9.17, 15) is 19.7 Å². The molecule has 1 saturated heterocycles. The Bertz CT molecular complexity index is 796. The van der Waals surface area contributed by atoms with Crippen LogP contribution in [0.25, 0.3) is 0 Å². The number of nitro benzene ring substituents is 1. The molecule has 2 aromatic rings. The zero-order valence-electron chi connectivity index (χ0n) is 13.5. The van der Waals surface area contributed by atoms with E-state index in [0.29, 0.717) is 37.3 Å². The summed E-state index contributed by atoms with van der Waals surface area (Å²) in [6, 6.07) is 13.1. The second-order valence-corrected chi connectivity index (χ2v) is 5.80. The summed E-state index contributed by atoms with van der Waals surface area (Å²) in [5, 5.41) is 10.8. The highest BCUT2D eigenvalue weighted by Crippen LogP contribution is 2.19. The SMILES string of the molecule is O=Cc1ccc(N2CCN(C(=O)c3cccc([N+](=O)[O-])c3)CC2)cc1. The first-order valence-electron chi connectivity index (χ1n) is 7.92. The van der Waals surface area contributed by atoms with Gasteiger partial charge in [0.25, 0.3) is 11.6 Å². The Morgan fingerprint density at radius 1 is 1.04 bits per heavy atom. The summed E-state index contributed by atoms with van der Waals surface area (Å²) >= 11 is 0. The van der Waals surface area contributed by atoms with Crippen LogP contribution in [0, 0.1) is 10.1 Å². The van der Waals surface area contributed by atoms with Crippen molar-refractivity contribution < 1.29 is 14.5 Å². The molecule has 0 radical (unpaired) electrons. The van der Waals surface area contributed by atoms with E-state index in [4.69, 9.17) is 0 Å². The van der Waals surface area contributed by atoms with Gasteiger partial charge in [0.2, 0.25) is 0 Å². The maximum atomic E-state index is 12.5. The third kappa shape index (κ3) is 3.65. The Kier molecular flexibility index (Phi) is 4.74. The quantitative estimate of drug-likeness (QED) is 0.485. The van der Waals surface area contributed by atoms with Gasteiger partial charge in [-0.05, 0) is 30.3 Å². The molecule has 0 bridgehead atoms. The number of amides is 1. The van der Waals surface area contributed by atoms with Crippen LogP contribution in [0.3, 0.4) is 0 Å². The van der Waals surface area contributed by atoms with Crippen molar-refractivity contribution in [3.63, 3.8) is 0 Å². The van der Waals surface area contributed by atoms with Crippen LogP contribution in [-0.4, -0.2) is 48.2 Å². The zero-order chi connectivity index (χ0) is 17.8. The van der Waals surface area contributed by atoms with Gasteiger partial charge in [-0.3, -0.25) is 19.7 Å². The second kappa shape index (κ2) is 7.12. The molecule has 1 heterocycles. The van der Waals surface area contributed by atoms with Gasteiger partial charge in [0, 0.05) is 55.1 Å². The van der Waals surface area contributed by atoms with Crippen LogP contribution >= 0.6 is 0 Å². The van der Waals surface area contributed by atoms with Gasteiger partial charge in [-0.1, -0.05) is 6.07 Å². The largest absolute Gasteiger partial charge is 0.368 e. The van der Waals surface area contributed by atoms with Crippen LogP contribution in [0.4, 0.5) is 11.4 Å². The lowest BCUT2D eigenvalue weighted by molar-refractivity contribution is -0.384. The number of anilines is 1. The van der Waals surface area contributed by atoms with Gasteiger partial charge < -0.3 is 9.80 Å². The standard InChI is InChI=1S/C18H17N3O4/c22-13-14-4-6-16(7-5-14)19-8-10-20(11-9-19)18(23)15-2-1-3-17(12-15)21(24)25/h1-7,12-13H,8-11H2. The Balaban J connectivity index is 1.65. The predicted molar refractivity (Wildman–Crippen MR) is 93.0 cm³/mol. The molecule has 0 spiro atoms. The number of non-ortho nitro benzene ring substituents is 1. The maximum absolute atomic E-state index is 12.5. The molecule has 2 aromatic carbocycles. The van der Waals surface area contributed by atoms with E-state index < -0.39 is 4.92 Å². The summed E-state index contributed by atoms with van der Waals surface area (Å²) in [5.74, 6) is -0.195. The van der Waals surface area contributed by atoms with E-state index in [-0.39, 0.29) is 11.6 Å². The summed E-state index contributed by atoms with van der Waals surface area (Å²) in [6.07, 6.45) is 0.805. The number of carbonyl (C=O) groups is 2. The number of benzene rings is 2. The lowest BCUT2D eigenvalue weighted by Crippen LogP contribution is -2.48. The fourth-order valence-electron chi connectivity index (χ4n) is 2.87. The molecule has 25 heavy (non-hydrogen) atoms. The molecule has 1 aliphatic heterocycles. The number of rotatable bonds is 4. The molecule has 3 rings (SSSR count). The van der Waals surface area contributed by atoms with Crippen molar-refractivity contribution in [1.82, 2.24) is 4.90 Å². The Morgan fingerprint density at radius 2 is 1.72 bits per heavy atom. The van der Waals surface area contributed by atoms with Crippen LogP contribution in [0.1, 0.15) is 20.7 Å². The van der Waals surface area contributed by atoms with Gasteiger partial charge >= 0.3 is 0 Å². The number of hydrogen-bond acceptors (Lipinski definition) is 5. The Hall–Kier alpha value is -3.22. The third-order valence-corrected chi connectivity index (χ3v) is 4.27. The normalized spacial score (nSPS) is 14.2. The molecule has 1 fully saturated rings. The van der Waals surface area contributed by atoms with Crippen LogP contribution in [0.2, 0.25) is 0 Å². The van der Waals surface area contributed by atoms with E-state index in [2.05, 4.69) is 4.90 Å². The molecule has 7 heteroatoms. The minimum atomic E-state index is -0.502. The highest BCUT2D eigenvalue weighted by atomic mass is 16.6. The number of nitro groups is 1. The van der Waals surface area contributed by atoms with Crippen molar-refractivity contribution in [1.29, 1.82) is 0 Å². The molecule has 0 aromatic heterocycles. The molecular formula is C18H17N3O4. The van der Waals surface area contributed by atoms with Crippen molar-refractivity contribution in [2.75, 3.05) is 31.1 Å². The van der Waals surface area contributed by atoms with E-state index in [1.807, 2.05) is 12.1 Å². The number of nitrogens with zero attached hydrogens (tertiary/aromatic N) is 3.